The highest BCUT2D eigenvalue weighted by Crippen LogP contribution is 2.27. The molecule has 2 N–H and O–H groups in total. The van der Waals surface area contributed by atoms with Gasteiger partial charge in [-0.3, -0.25) is 0 Å². The third-order valence-electron chi connectivity index (χ3n) is 1.58. The molecule has 14 heavy (non-hydrogen) atoms. The van der Waals surface area contributed by atoms with Gasteiger partial charge in [0.15, 0.2) is 4.34 Å². The number of aromatic nitrogens is 2. The number of nitrogens with two attached hydrogens (primary N) is 1. The van der Waals surface area contributed by atoms with Gasteiger partial charge < -0.3 is 10.6 Å². The lowest BCUT2D eigenvalue weighted by atomic mass is 10.3. The van der Waals surface area contributed by atoms with Crippen molar-refractivity contribution in [1.29, 1.82) is 0 Å². The maximum atomic E-state index is 5.66. The van der Waals surface area contributed by atoms with Crippen LogP contribution in [0.1, 0.15) is 13.3 Å². The lowest BCUT2D eigenvalue weighted by molar-refractivity contribution is 0.721. The van der Waals surface area contributed by atoms with Gasteiger partial charge in [-0.2, -0.15) is 0 Å². The highest BCUT2D eigenvalue weighted by atomic mass is 32.2. The molecule has 0 amide bonds. The zero-order valence-electron chi connectivity index (χ0n) is 8.73. The Hall–Kier alpha value is -0.330. The Kier molecular flexibility index (Phi) is 4.64. The minimum absolute atomic E-state index is 0.267. The molecule has 4 nitrogen and oxygen atoms in total. The molecular formula is C8H16N4S2. The summed E-state index contributed by atoms with van der Waals surface area (Å²) in [6.45, 7) is 2.02. The minimum Gasteiger partial charge on any atom is -0.353 e. The van der Waals surface area contributed by atoms with E-state index < -0.39 is 0 Å². The number of hydrogen-bond acceptors (Lipinski definition) is 6. The van der Waals surface area contributed by atoms with Gasteiger partial charge in [0.05, 0.1) is 0 Å². The molecule has 0 fully saturated rings. The van der Waals surface area contributed by atoms with E-state index in [9.17, 15) is 0 Å². The van der Waals surface area contributed by atoms with Crippen molar-refractivity contribution in [2.75, 3.05) is 24.7 Å². The van der Waals surface area contributed by atoms with E-state index in [0.29, 0.717) is 0 Å². The molecule has 1 unspecified atom stereocenters. The second kappa shape index (κ2) is 5.53. The molecule has 1 heterocycles. The third kappa shape index (κ3) is 3.81. The normalized spacial score (nSPS) is 12.9. The number of anilines is 1. The lowest BCUT2D eigenvalue weighted by Gasteiger charge is -2.04. The summed E-state index contributed by atoms with van der Waals surface area (Å²) in [6.07, 6.45) is 1.02. The van der Waals surface area contributed by atoms with E-state index in [1.807, 2.05) is 25.9 Å². The average Bonchev–Trinajstić information content (AvgIpc) is 2.52. The van der Waals surface area contributed by atoms with Crippen LogP contribution >= 0.6 is 23.1 Å². The van der Waals surface area contributed by atoms with E-state index in [-0.39, 0.29) is 6.04 Å². The Bertz CT molecular complexity index is 272. The van der Waals surface area contributed by atoms with Crippen molar-refractivity contribution in [1.82, 2.24) is 10.2 Å². The van der Waals surface area contributed by atoms with Gasteiger partial charge in [0.2, 0.25) is 5.13 Å². The van der Waals surface area contributed by atoms with Crippen molar-refractivity contribution in [3.8, 4) is 0 Å². The van der Waals surface area contributed by atoms with E-state index in [4.69, 9.17) is 5.73 Å². The summed E-state index contributed by atoms with van der Waals surface area (Å²) in [4.78, 5) is 1.97. The van der Waals surface area contributed by atoms with E-state index in [0.717, 1.165) is 21.6 Å². The molecule has 1 aromatic heterocycles. The van der Waals surface area contributed by atoms with Crippen molar-refractivity contribution in [3.63, 3.8) is 0 Å². The van der Waals surface area contributed by atoms with Crippen LogP contribution in [0, 0.1) is 0 Å². The van der Waals surface area contributed by atoms with E-state index in [1.54, 1.807) is 23.1 Å². The van der Waals surface area contributed by atoms with Gasteiger partial charge in [0.25, 0.3) is 0 Å². The number of nitrogens with zero attached hydrogens (tertiary/aromatic N) is 3. The van der Waals surface area contributed by atoms with E-state index in [1.165, 1.54) is 0 Å². The molecule has 0 saturated carbocycles. The topological polar surface area (TPSA) is 55.0 Å². The maximum Gasteiger partial charge on any atom is 0.208 e. The molecule has 0 aliphatic heterocycles. The summed E-state index contributed by atoms with van der Waals surface area (Å²) in [6, 6.07) is 0.267. The van der Waals surface area contributed by atoms with Gasteiger partial charge >= 0.3 is 0 Å². The summed E-state index contributed by atoms with van der Waals surface area (Å²) >= 11 is 3.34. The summed E-state index contributed by atoms with van der Waals surface area (Å²) < 4.78 is 1.02. The first-order chi connectivity index (χ1) is 6.59. The smallest absolute Gasteiger partial charge is 0.208 e. The second-order valence-corrected chi connectivity index (χ2v) is 5.66. The van der Waals surface area contributed by atoms with Crippen molar-refractivity contribution >= 4 is 28.2 Å². The zero-order valence-corrected chi connectivity index (χ0v) is 10.4. The van der Waals surface area contributed by atoms with Crippen LogP contribution in [0.3, 0.4) is 0 Å². The molecule has 0 aliphatic rings. The van der Waals surface area contributed by atoms with Crippen LogP contribution in [-0.4, -0.2) is 36.1 Å². The number of rotatable bonds is 5. The summed E-state index contributed by atoms with van der Waals surface area (Å²) in [5, 5.41) is 9.09. The van der Waals surface area contributed by atoms with Gasteiger partial charge in [-0.1, -0.05) is 23.1 Å². The largest absolute Gasteiger partial charge is 0.353 e. The molecule has 0 spiro atoms. The molecule has 0 aliphatic carbocycles. The average molecular weight is 232 g/mol. The van der Waals surface area contributed by atoms with Crippen molar-refractivity contribution in [3.05, 3.63) is 0 Å². The molecule has 80 valence electrons. The molecule has 0 aromatic carbocycles. The molecule has 6 heteroatoms. The van der Waals surface area contributed by atoms with E-state index >= 15 is 0 Å². The fourth-order valence-corrected chi connectivity index (χ4v) is 2.75. The standard InChI is InChI=1S/C8H16N4S2/c1-6(9)4-5-13-8-11-10-7(14-8)12(2)3/h6H,4-5,9H2,1-3H3. The van der Waals surface area contributed by atoms with Crippen LogP contribution in [0.5, 0.6) is 0 Å². The predicted molar refractivity (Wildman–Crippen MR) is 63.2 cm³/mol. The Morgan fingerprint density at radius 1 is 1.50 bits per heavy atom. The molecule has 1 rings (SSSR count). The maximum absolute atomic E-state index is 5.66. The molecule has 0 radical (unpaired) electrons. The number of hydrogen-bond donors (Lipinski definition) is 1. The van der Waals surface area contributed by atoms with Crippen LogP contribution in [0.4, 0.5) is 5.13 Å². The van der Waals surface area contributed by atoms with Crippen molar-refractivity contribution in [2.24, 2.45) is 5.73 Å². The van der Waals surface area contributed by atoms with Gasteiger partial charge in [0.1, 0.15) is 0 Å². The van der Waals surface area contributed by atoms with Gasteiger partial charge in [-0.05, 0) is 13.3 Å². The fourth-order valence-electron chi connectivity index (χ4n) is 0.774. The van der Waals surface area contributed by atoms with Crippen LogP contribution in [-0.2, 0) is 0 Å². The monoisotopic (exact) mass is 232 g/mol. The first-order valence-electron chi connectivity index (χ1n) is 4.49. The van der Waals surface area contributed by atoms with Gasteiger partial charge in [0, 0.05) is 25.9 Å². The summed E-state index contributed by atoms with van der Waals surface area (Å²) in [5.74, 6) is 1.01. The molecule has 1 atom stereocenters. The fraction of sp³-hybridized carbons (Fsp3) is 0.750. The van der Waals surface area contributed by atoms with Crippen molar-refractivity contribution in [2.45, 2.75) is 23.7 Å². The Morgan fingerprint density at radius 2 is 2.21 bits per heavy atom. The quantitative estimate of drug-likeness (QED) is 0.778. The number of thioether (sulfide) groups is 1. The summed E-state index contributed by atoms with van der Waals surface area (Å²) in [5.41, 5.74) is 5.66. The van der Waals surface area contributed by atoms with E-state index in [2.05, 4.69) is 10.2 Å². The van der Waals surface area contributed by atoms with Crippen LogP contribution in [0.15, 0.2) is 4.34 Å². The first-order valence-corrected chi connectivity index (χ1v) is 6.29. The van der Waals surface area contributed by atoms with Crippen LogP contribution < -0.4 is 10.6 Å². The van der Waals surface area contributed by atoms with Crippen LogP contribution in [0.2, 0.25) is 0 Å². The lowest BCUT2D eigenvalue weighted by Crippen LogP contribution is -2.15. The van der Waals surface area contributed by atoms with Gasteiger partial charge in [-0.25, -0.2) is 0 Å². The first kappa shape index (κ1) is 11.7. The Balaban J connectivity index is 2.36. The molecular weight excluding hydrogens is 216 g/mol. The highest BCUT2D eigenvalue weighted by molar-refractivity contribution is 8.01. The van der Waals surface area contributed by atoms with Gasteiger partial charge in [-0.15, -0.1) is 10.2 Å². The third-order valence-corrected chi connectivity index (χ3v) is 3.83. The second-order valence-electron chi connectivity index (χ2n) is 3.36. The van der Waals surface area contributed by atoms with Crippen LogP contribution in [0.25, 0.3) is 0 Å². The molecule has 0 bridgehead atoms. The SMILES string of the molecule is CC(N)CCSc1nnc(N(C)C)s1. The summed E-state index contributed by atoms with van der Waals surface area (Å²) in [7, 11) is 3.94. The Labute approximate surface area is 92.9 Å². The zero-order chi connectivity index (χ0) is 10.6. The highest BCUT2D eigenvalue weighted by Gasteiger charge is 2.06. The van der Waals surface area contributed by atoms with Crippen molar-refractivity contribution < 1.29 is 0 Å². The molecule has 0 saturated heterocycles. The Morgan fingerprint density at radius 3 is 2.71 bits per heavy atom. The molecule has 1 aromatic rings. The predicted octanol–water partition coefficient (Wildman–Crippen LogP) is 1.43. The minimum atomic E-state index is 0.267.